The Bertz CT molecular complexity index is 431. The Kier molecular flexibility index (Phi) is 3.27. The second-order valence-corrected chi connectivity index (χ2v) is 7.04. The van der Waals surface area contributed by atoms with Gasteiger partial charge in [0.15, 0.2) is 0 Å². The molecule has 3 rings (SSSR count). The minimum atomic E-state index is -0.410. The molecule has 0 bridgehead atoms. The van der Waals surface area contributed by atoms with Crippen molar-refractivity contribution in [2.75, 3.05) is 6.54 Å². The van der Waals surface area contributed by atoms with E-state index >= 15 is 0 Å². The van der Waals surface area contributed by atoms with Gasteiger partial charge in [-0.05, 0) is 52.4 Å². The zero-order chi connectivity index (χ0) is 14.5. The topological polar surface area (TPSA) is 58.6 Å². The molecular formula is C15H24N2O3. The maximum Gasteiger partial charge on any atom is 0.245 e. The summed E-state index contributed by atoms with van der Waals surface area (Å²) in [5, 5.41) is 2.80. The third kappa shape index (κ3) is 2.55. The van der Waals surface area contributed by atoms with Crippen molar-refractivity contribution in [1.29, 1.82) is 0 Å². The highest BCUT2D eigenvalue weighted by Crippen LogP contribution is 2.38. The second-order valence-electron chi connectivity index (χ2n) is 7.04. The summed E-state index contributed by atoms with van der Waals surface area (Å²) in [5.41, 5.74) is -0.105. The van der Waals surface area contributed by atoms with Gasteiger partial charge in [0.05, 0.1) is 11.7 Å². The van der Waals surface area contributed by atoms with E-state index in [1.165, 1.54) is 0 Å². The molecule has 1 saturated carbocycles. The molecule has 5 heteroatoms. The Morgan fingerprint density at radius 2 is 2.00 bits per heavy atom. The minimum absolute atomic E-state index is 0.0110. The van der Waals surface area contributed by atoms with Gasteiger partial charge >= 0.3 is 0 Å². The Labute approximate surface area is 120 Å². The van der Waals surface area contributed by atoms with Crippen LogP contribution in [0.15, 0.2) is 0 Å². The van der Waals surface area contributed by atoms with Crippen LogP contribution >= 0.6 is 0 Å². The number of amides is 2. The number of rotatable bonds is 3. The molecule has 0 aromatic heterocycles. The lowest BCUT2D eigenvalue weighted by Crippen LogP contribution is -2.64. The summed E-state index contributed by atoms with van der Waals surface area (Å²) in [6.45, 7) is 6.48. The van der Waals surface area contributed by atoms with Crippen LogP contribution in [0.25, 0.3) is 0 Å². The molecule has 2 aliphatic heterocycles. The molecule has 3 fully saturated rings. The fourth-order valence-corrected chi connectivity index (χ4v) is 3.40. The number of hydrogen-bond donors (Lipinski definition) is 1. The number of ether oxygens (including phenoxy) is 1. The van der Waals surface area contributed by atoms with Crippen LogP contribution in [0.3, 0.4) is 0 Å². The molecule has 1 N–H and O–H groups in total. The monoisotopic (exact) mass is 280 g/mol. The van der Waals surface area contributed by atoms with Crippen LogP contribution in [0.1, 0.15) is 46.5 Å². The largest absolute Gasteiger partial charge is 0.371 e. The molecule has 2 saturated heterocycles. The predicted octanol–water partition coefficient (Wildman–Crippen LogP) is 1.07. The minimum Gasteiger partial charge on any atom is -0.371 e. The quantitative estimate of drug-likeness (QED) is 0.841. The van der Waals surface area contributed by atoms with Gasteiger partial charge < -0.3 is 15.0 Å². The SMILES string of the molecule is CC1NC(=O)C(C2CC2)N(CC2CCC(C)(C)O2)C1=O. The first-order valence-corrected chi connectivity index (χ1v) is 7.66. The van der Waals surface area contributed by atoms with Gasteiger partial charge in [-0.2, -0.15) is 0 Å². The lowest BCUT2D eigenvalue weighted by Gasteiger charge is -2.39. The molecule has 0 spiro atoms. The van der Waals surface area contributed by atoms with Gasteiger partial charge in [-0.1, -0.05) is 0 Å². The normalized spacial score (nSPS) is 37.1. The molecule has 112 valence electrons. The second kappa shape index (κ2) is 4.72. The zero-order valence-corrected chi connectivity index (χ0v) is 12.5. The first kappa shape index (κ1) is 13.9. The van der Waals surface area contributed by atoms with Crippen molar-refractivity contribution in [3.63, 3.8) is 0 Å². The smallest absolute Gasteiger partial charge is 0.245 e. The van der Waals surface area contributed by atoms with Crippen molar-refractivity contribution >= 4 is 11.8 Å². The van der Waals surface area contributed by atoms with Crippen molar-refractivity contribution in [2.24, 2.45) is 5.92 Å². The maximum atomic E-state index is 12.4. The van der Waals surface area contributed by atoms with Crippen molar-refractivity contribution in [1.82, 2.24) is 10.2 Å². The molecule has 1 aliphatic carbocycles. The highest BCUT2D eigenvalue weighted by molar-refractivity contribution is 5.97. The van der Waals surface area contributed by atoms with E-state index in [0.717, 1.165) is 25.7 Å². The van der Waals surface area contributed by atoms with Crippen molar-refractivity contribution < 1.29 is 14.3 Å². The number of nitrogens with one attached hydrogen (secondary N) is 1. The van der Waals surface area contributed by atoms with E-state index in [-0.39, 0.29) is 29.6 Å². The zero-order valence-electron chi connectivity index (χ0n) is 12.5. The van der Waals surface area contributed by atoms with Crippen LogP contribution in [0.4, 0.5) is 0 Å². The van der Waals surface area contributed by atoms with E-state index in [9.17, 15) is 9.59 Å². The first-order valence-electron chi connectivity index (χ1n) is 7.66. The maximum absolute atomic E-state index is 12.4. The fraction of sp³-hybridized carbons (Fsp3) is 0.867. The lowest BCUT2D eigenvalue weighted by atomic mass is 10.0. The van der Waals surface area contributed by atoms with Crippen molar-refractivity contribution in [3.05, 3.63) is 0 Å². The standard InChI is InChI=1S/C15H24N2O3/c1-9-14(19)17(8-11-6-7-15(2,3)20-11)12(10-4-5-10)13(18)16-9/h9-12H,4-8H2,1-3H3,(H,16,18). The molecule has 2 heterocycles. The van der Waals surface area contributed by atoms with Crippen LogP contribution in [-0.2, 0) is 14.3 Å². The molecule has 2 amide bonds. The van der Waals surface area contributed by atoms with E-state index in [1.807, 2.05) is 0 Å². The summed E-state index contributed by atoms with van der Waals surface area (Å²) in [6, 6.07) is -0.682. The molecule has 0 radical (unpaired) electrons. The molecule has 0 aromatic rings. The van der Waals surface area contributed by atoms with Gasteiger partial charge in [-0.15, -0.1) is 0 Å². The van der Waals surface area contributed by atoms with Crippen LogP contribution in [0.5, 0.6) is 0 Å². The van der Waals surface area contributed by atoms with E-state index in [2.05, 4.69) is 19.2 Å². The summed E-state index contributed by atoms with van der Waals surface area (Å²) in [4.78, 5) is 26.4. The van der Waals surface area contributed by atoms with Gasteiger partial charge in [0.25, 0.3) is 0 Å². The molecule has 0 aromatic carbocycles. The Balaban J connectivity index is 1.73. The van der Waals surface area contributed by atoms with Gasteiger partial charge in [0.2, 0.25) is 11.8 Å². The van der Waals surface area contributed by atoms with E-state index in [1.54, 1.807) is 11.8 Å². The van der Waals surface area contributed by atoms with Gasteiger partial charge in [-0.3, -0.25) is 9.59 Å². The highest BCUT2D eigenvalue weighted by Gasteiger charge is 2.48. The number of hydrogen-bond acceptors (Lipinski definition) is 3. The average Bonchev–Trinajstić information content (AvgIpc) is 3.11. The Morgan fingerprint density at radius 3 is 2.55 bits per heavy atom. The lowest BCUT2D eigenvalue weighted by molar-refractivity contribution is -0.152. The van der Waals surface area contributed by atoms with Crippen LogP contribution in [-0.4, -0.2) is 47.0 Å². The summed E-state index contributed by atoms with van der Waals surface area (Å²) in [5.74, 6) is 0.396. The van der Waals surface area contributed by atoms with Crippen LogP contribution < -0.4 is 5.32 Å². The summed E-state index contributed by atoms with van der Waals surface area (Å²) in [6.07, 6.45) is 4.13. The van der Waals surface area contributed by atoms with Gasteiger partial charge in [0, 0.05) is 6.54 Å². The third-order valence-electron chi connectivity index (χ3n) is 4.64. The van der Waals surface area contributed by atoms with Crippen LogP contribution in [0, 0.1) is 5.92 Å². The van der Waals surface area contributed by atoms with E-state index in [4.69, 9.17) is 4.74 Å². The summed E-state index contributed by atoms with van der Waals surface area (Å²) >= 11 is 0. The van der Waals surface area contributed by atoms with E-state index in [0.29, 0.717) is 12.5 Å². The first-order chi connectivity index (χ1) is 9.37. The number of carbonyl (C=O) groups excluding carboxylic acids is 2. The molecule has 5 nitrogen and oxygen atoms in total. The Hall–Kier alpha value is -1.10. The number of carbonyl (C=O) groups is 2. The molecule has 20 heavy (non-hydrogen) atoms. The number of nitrogens with zero attached hydrogens (tertiary/aromatic N) is 1. The van der Waals surface area contributed by atoms with E-state index < -0.39 is 6.04 Å². The summed E-state index contributed by atoms with van der Waals surface area (Å²) in [7, 11) is 0. The van der Waals surface area contributed by atoms with Crippen LogP contribution in [0.2, 0.25) is 0 Å². The average molecular weight is 280 g/mol. The summed E-state index contributed by atoms with van der Waals surface area (Å²) < 4.78 is 5.99. The van der Waals surface area contributed by atoms with Crippen molar-refractivity contribution in [3.8, 4) is 0 Å². The highest BCUT2D eigenvalue weighted by atomic mass is 16.5. The molecule has 3 atom stereocenters. The Morgan fingerprint density at radius 1 is 1.30 bits per heavy atom. The molecule has 3 unspecified atom stereocenters. The van der Waals surface area contributed by atoms with Crippen molar-refractivity contribution in [2.45, 2.75) is 70.2 Å². The fourth-order valence-electron chi connectivity index (χ4n) is 3.40. The van der Waals surface area contributed by atoms with Gasteiger partial charge in [-0.25, -0.2) is 0 Å². The predicted molar refractivity (Wildman–Crippen MR) is 74.0 cm³/mol. The third-order valence-corrected chi connectivity index (χ3v) is 4.64. The van der Waals surface area contributed by atoms with Gasteiger partial charge in [0.1, 0.15) is 12.1 Å². The number of piperazine rings is 1. The molecular weight excluding hydrogens is 256 g/mol. The molecule has 3 aliphatic rings.